The van der Waals surface area contributed by atoms with Crippen LogP contribution < -0.4 is 0 Å². The summed E-state index contributed by atoms with van der Waals surface area (Å²) in [6.07, 6.45) is 6.08. The van der Waals surface area contributed by atoms with Crippen molar-refractivity contribution in [3.8, 4) is 0 Å². The van der Waals surface area contributed by atoms with E-state index in [-0.39, 0.29) is 0 Å². The first-order valence-electron chi connectivity index (χ1n) is 6.67. The Kier molecular flexibility index (Phi) is 114. The van der Waals surface area contributed by atoms with Crippen molar-refractivity contribution in [2.75, 3.05) is 13.2 Å². The molecule has 0 saturated heterocycles. The van der Waals surface area contributed by atoms with E-state index in [9.17, 15) is 0 Å². The molecule has 4 heteroatoms. The predicted octanol–water partition coefficient (Wildman–Crippen LogP) is 3.90. The standard InChI is InChI=1S/2C4H10O.2C3H7.O.Ti/c2*1-2-3-4-5;2*1-3-2;;/h2*5H,2-4H2,1H3;2*1,3H2,2H3;;/q;;2*-1;;+2. The van der Waals surface area contributed by atoms with Crippen molar-refractivity contribution in [3.05, 3.63) is 13.8 Å². The normalized spacial score (nSPS) is 7.00. The molecule has 0 heterocycles. The van der Waals surface area contributed by atoms with Crippen LogP contribution in [0.1, 0.15) is 66.2 Å². The van der Waals surface area contributed by atoms with Gasteiger partial charge >= 0.3 is 23.7 Å². The van der Waals surface area contributed by atoms with Crippen LogP contribution in [-0.4, -0.2) is 23.4 Å². The molecule has 0 amide bonds. The van der Waals surface area contributed by atoms with Crippen LogP contribution >= 0.6 is 0 Å². The second kappa shape index (κ2) is 66.2. The Morgan fingerprint density at radius 1 is 0.778 bits per heavy atom. The van der Waals surface area contributed by atoms with Gasteiger partial charge in [0.1, 0.15) is 0 Å². The van der Waals surface area contributed by atoms with Crippen molar-refractivity contribution >= 4 is 0 Å². The van der Waals surface area contributed by atoms with Crippen LogP contribution in [-0.2, 0) is 23.7 Å². The third-order valence-corrected chi connectivity index (χ3v) is 1.02. The van der Waals surface area contributed by atoms with Crippen molar-refractivity contribution in [3.63, 3.8) is 0 Å². The number of hydrogen-bond donors (Lipinski definition) is 2. The Balaban J connectivity index is -0.0000000409. The summed E-state index contributed by atoms with van der Waals surface area (Å²) in [6, 6.07) is 0. The first-order chi connectivity index (χ1) is 8.66. The molecule has 0 unspecified atom stereocenters. The first-order valence-corrected chi connectivity index (χ1v) is 7.30. The zero-order valence-electron chi connectivity index (χ0n) is 12.9. The molecule has 0 aliphatic rings. The second-order valence-corrected chi connectivity index (χ2v) is 3.15. The molecule has 0 spiro atoms. The predicted molar refractivity (Wildman–Crippen MR) is 76.0 cm³/mol. The summed E-state index contributed by atoms with van der Waals surface area (Å²) in [6.45, 7) is 15.8. The molecule has 0 atom stereocenters. The SMILES string of the molecule is CCCCO.CCCCO.[CH2-]CC.[CH2-]CC.[O]=[Ti+2]. The summed E-state index contributed by atoms with van der Waals surface area (Å²) in [7, 11) is 0. The molecule has 3 nitrogen and oxygen atoms in total. The van der Waals surface area contributed by atoms with Crippen molar-refractivity contribution in [2.24, 2.45) is 0 Å². The quantitative estimate of drug-likeness (QED) is 0.611. The van der Waals surface area contributed by atoms with E-state index < -0.39 is 0 Å². The van der Waals surface area contributed by atoms with Gasteiger partial charge in [-0.05, 0) is 12.8 Å². The zero-order valence-corrected chi connectivity index (χ0v) is 14.4. The molecule has 2 N–H and O–H groups in total. The van der Waals surface area contributed by atoms with E-state index in [4.69, 9.17) is 13.5 Å². The maximum absolute atomic E-state index is 8.25. The van der Waals surface area contributed by atoms with E-state index in [1.807, 2.05) is 13.8 Å². The fraction of sp³-hybridized carbons (Fsp3) is 0.857. The molecule has 0 saturated carbocycles. The molecular weight excluding hydrogens is 264 g/mol. The van der Waals surface area contributed by atoms with E-state index in [1.165, 1.54) is 0 Å². The zero-order chi connectivity index (χ0) is 15.7. The molecule has 18 heavy (non-hydrogen) atoms. The molecule has 0 aliphatic heterocycles. The third-order valence-electron chi connectivity index (χ3n) is 1.02. The Morgan fingerprint density at radius 2 is 0.944 bits per heavy atom. The number of aliphatic hydroxyl groups is 2. The third kappa shape index (κ3) is 199. The fourth-order valence-corrected chi connectivity index (χ4v) is 0.316. The van der Waals surface area contributed by atoms with Crippen LogP contribution in [0.4, 0.5) is 0 Å². The Hall–Kier alpha value is 0.434. The molecule has 0 radical (unpaired) electrons. The van der Waals surface area contributed by atoms with E-state index >= 15 is 0 Å². The molecule has 0 bridgehead atoms. The molecule has 112 valence electrons. The summed E-state index contributed by atoms with van der Waals surface area (Å²) in [5, 5.41) is 16.1. The first kappa shape index (κ1) is 31.0. The van der Waals surface area contributed by atoms with Crippen LogP contribution in [0, 0.1) is 13.8 Å². The molecule has 0 aromatic rings. The average molecular weight is 298 g/mol. The van der Waals surface area contributed by atoms with Crippen molar-refractivity contribution in [1.82, 2.24) is 0 Å². The van der Waals surface area contributed by atoms with Crippen molar-refractivity contribution in [2.45, 2.75) is 66.2 Å². The Labute approximate surface area is 127 Å². The van der Waals surface area contributed by atoms with Crippen LogP contribution in [0.5, 0.6) is 0 Å². The number of rotatable bonds is 4. The summed E-state index contributed by atoms with van der Waals surface area (Å²) in [5.74, 6) is 0. The van der Waals surface area contributed by atoms with Gasteiger partial charge in [-0.25, -0.2) is 0 Å². The van der Waals surface area contributed by atoms with Gasteiger partial charge in [0.2, 0.25) is 0 Å². The van der Waals surface area contributed by atoms with Crippen molar-refractivity contribution in [1.29, 1.82) is 0 Å². The van der Waals surface area contributed by atoms with Gasteiger partial charge in [-0.15, -0.1) is 0 Å². The van der Waals surface area contributed by atoms with Crippen molar-refractivity contribution < 1.29 is 33.9 Å². The molecule has 0 aromatic carbocycles. The molecule has 0 aliphatic carbocycles. The topological polar surface area (TPSA) is 57.5 Å². The second-order valence-electron chi connectivity index (χ2n) is 3.15. The van der Waals surface area contributed by atoms with Gasteiger partial charge in [0.05, 0.1) is 0 Å². The van der Waals surface area contributed by atoms with E-state index in [1.54, 1.807) is 0 Å². The molecular formula is C14H34O3Ti. The average Bonchev–Trinajstić information content (AvgIpc) is 2.36. The van der Waals surface area contributed by atoms with E-state index in [0.29, 0.717) is 13.2 Å². The van der Waals surface area contributed by atoms with Gasteiger partial charge in [0.15, 0.2) is 0 Å². The molecule has 0 aromatic heterocycles. The van der Waals surface area contributed by atoms with Gasteiger partial charge in [0, 0.05) is 13.2 Å². The summed E-state index contributed by atoms with van der Waals surface area (Å²) in [4.78, 5) is 0. The van der Waals surface area contributed by atoms with Crippen LogP contribution in [0.2, 0.25) is 0 Å². The van der Waals surface area contributed by atoms with E-state index in [0.717, 1.165) is 58.9 Å². The Morgan fingerprint density at radius 3 is 0.944 bits per heavy atom. The van der Waals surface area contributed by atoms with Gasteiger partial charge in [0.25, 0.3) is 0 Å². The Bertz CT molecular complexity index is 62.1. The van der Waals surface area contributed by atoms with Gasteiger partial charge in [-0.3, -0.25) is 0 Å². The van der Waals surface area contributed by atoms with E-state index in [2.05, 4.69) is 27.7 Å². The summed E-state index contributed by atoms with van der Waals surface area (Å²) < 4.78 is 8.25. The monoisotopic (exact) mass is 298 g/mol. The minimum absolute atomic E-state index is 0.344. The maximum atomic E-state index is 8.25. The van der Waals surface area contributed by atoms with Gasteiger partial charge in [-0.2, -0.15) is 12.8 Å². The fourth-order valence-electron chi connectivity index (χ4n) is 0.316. The number of aliphatic hydroxyl groups excluding tert-OH is 2. The molecule has 0 rings (SSSR count). The number of unbranched alkanes of at least 4 members (excludes halogenated alkanes) is 2. The van der Waals surface area contributed by atoms with Gasteiger partial charge in [-0.1, -0.05) is 40.5 Å². The number of hydrogen-bond acceptors (Lipinski definition) is 3. The molecule has 0 fully saturated rings. The minimum atomic E-state index is 0.344. The van der Waals surface area contributed by atoms with Crippen LogP contribution in [0.15, 0.2) is 0 Å². The van der Waals surface area contributed by atoms with Crippen LogP contribution in [0.25, 0.3) is 0 Å². The van der Waals surface area contributed by atoms with Crippen LogP contribution in [0.3, 0.4) is 0 Å². The van der Waals surface area contributed by atoms with Gasteiger partial charge < -0.3 is 24.1 Å². The summed E-state index contributed by atoms with van der Waals surface area (Å²) in [5.41, 5.74) is 0. The summed E-state index contributed by atoms with van der Waals surface area (Å²) >= 11 is 0.750.